The maximum atomic E-state index is 12.9. The molecule has 2 aromatic carbocycles. The zero-order valence-corrected chi connectivity index (χ0v) is 16.9. The van der Waals surface area contributed by atoms with Crippen LogP contribution in [0.25, 0.3) is 5.70 Å². The second kappa shape index (κ2) is 8.73. The van der Waals surface area contributed by atoms with Gasteiger partial charge in [-0.3, -0.25) is 4.79 Å². The third-order valence-corrected chi connectivity index (χ3v) is 4.99. The number of aliphatic imine (C=N–C) groups is 1. The predicted molar refractivity (Wildman–Crippen MR) is 111 cm³/mol. The Balaban J connectivity index is 1.82. The fraction of sp³-hybridized carbons (Fsp3) is 0.304. The van der Waals surface area contributed by atoms with Crippen molar-refractivity contribution in [2.45, 2.75) is 25.9 Å². The summed E-state index contributed by atoms with van der Waals surface area (Å²) in [6.45, 7) is 6.20. The van der Waals surface area contributed by atoms with Crippen LogP contribution in [0.3, 0.4) is 0 Å². The van der Waals surface area contributed by atoms with Crippen LogP contribution in [0.2, 0.25) is 0 Å². The van der Waals surface area contributed by atoms with Crippen molar-refractivity contribution in [1.29, 1.82) is 0 Å². The van der Waals surface area contributed by atoms with Crippen LogP contribution in [-0.4, -0.2) is 31.6 Å². The SMILES string of the molecule is C=C(N=C(OC)C1CC(=O)N(c2ccc(C)cc2)C1)c1ccccc1CC(F)(F)F. The first-order valence-electron chi connectivity index (χ1n) is 9.51. The summed E-state index contributed by atoms with van der Waals surface area (Å²) in [5.74, 6) is -0.0863. The molecule has 1 atom stereocenters. The molecule has 0 saturated carbocycles. The fourth-order valence-corrected chi connectivity index (χ4v) is 3.52. The number of nitrogens with zero attached hydrogens (tertiary/aromatic N) is 2. The Labute approximate surface area is 173 Å². The van der Waals surface area contributed by atoms with Crippen molar-refractivity contribution < 1.29 is 22.7 Å². The van der Waals surface area contributed by atoms with E-state index in [2.05, 4.69) is 11.6 Å². The van der Waals surface area contributed by atoms with Crippen molar-refractivity contribution in [3.8, 4) is 0 Å². The molecule has 0 aliphatic carbocycles. The number of amides is 1. The molecule has 1 heterocycles. The maximum absolute atomic E-state index is 12.9. The van der Waals surface area contributed by atoms with Crippen LogP contribution >= 0.6 is 0 Å². The second-order valence-corrected chi connectivity index (χ2v) is 7.29. The molecule has 4 nitrogen and oxygen atoms in total. The lowest BCUT2D eigenvalue weighted by Gasteiger charge is -2.18. The Morgan fingerprint density at radius 3 is 2.50 bits per heavy atom. The smallest absolute Gasteiger partial charge is 0.393 e. The fourth-order valence-electron chi connectivity index (χ4n) is 3.52. The zero-order chi connectivity index (χ0) is 21.9. The summed E-state index contributed by atoms with van der Waals surface area (Å²) >= 11 is 0. The van der Waals surface area contributed by atoms with Gasteiger partial charge in [0, 0.05) is 24.2 Å². The molecule has 1 unspecified atom stereocenters. The van der Waals surface area contributed by atoms with Gasteiger partial charge in [-0.1, -0.05) is 48.5 Å². The summed E-state index contributed by atoms with van der Waals surface area (Å²) < 4.78 is 44.1. The lowest BCUT2D eigenvalue weighted by Crippen LogP contribution is -2.26. The van der Waals surface area contributed by atoms with Crippen molar-refractivity contribution in [3.05, 3.63) is 71.8 Å². The zero-order valence-electron chi connectivity index (χ0n) is 16.9. The molecule has 1 amide bonds. The number of alkyl halides is 3. The van der Waals surface area contributed by atoms with E-state index in [-0.39, 0.29) is 35.4 Å². The number of carbonyl (C=O) groups excluding carboxylic acids is 1. The molecule has 0 spiro atoms. The molecule has 7 heteroatoms. The predicted octanol–water partition coefficient (Wildman–Crippen LogP) is 5.17. The highest BCUT2D eigenvalue weighted by atomic mass is 19.4. The first kappa shape index (κ1) is 21.6. The molecule has 0 radical (unpaired) electrons. The number of methoxy groups -OCH3 is 1. The van der Waals surface area contributed by atoms with Crippen LogP contribution in [-0.2, 0) is 16.0 Å². The highest BCUT2D eigenvalue weighted by Gasteiger charge is 2.35. The summed E-state index contributed by atoms with van der Waals surface area (Å²) in [4.78, 5) is 18.6. The number of anilines is 1. The van der Waals surface area contributed by atoms with Gasteiger partial charge in [0.2, 0.25) is 5.91 Å². The van der Waals surface area contributed by atoms with Crippen molar-refractivity contribution >= 4 is 23.2 Å². The van der Waals surface area contributed by atoms with Gasteiger partial charge >= 0.3 is 6.18 Å². The van der Waals surface area contributed by atoms with E-state index in [4.69, 9.17) is 4.74 Å². The lowest BCUT2D eigenvalue weighted by molar-refractivity contribution is -0.127. The molecule has 3 rings (SSSR count). The Bertz CT molecular complexity index is 965. The van der Waals surface area contributed by atoms with Crippen LogP contribution in [0.5, 0.6) is 0 Å². The quantitative estimate of drug-likeness (QED) is 0.499. The Hall–Kier alpha value is -3.09. The van der Waals surface area contributed by atoms with Gasteiger partial charge in [-0.2, -0.15) is 13.2 Å². The van der Waals surface area contributed by atoms with Gasteiger partial charge in [0.1, 0.15) is 0 Å². The summed E-state index contributed by atoms with van der Waals surface area (Å²) in [7, 11) is 1.44. The number of halogens is 3. The molecule has 0 aromatic heterocycles. The van der Waals surface area contributed by atoms with E-state index in [1.165, 1.54) is 13.2 Å². The van der Waals surface area contributed by atoms with E-state index < -0.39 is 12.6 Å². The van der Waals surface area contributed by atoms with E-state index in [9.17, 15) is 18.0 Å². The molecule has 1 saturated heterocycles. The largest absolute Gasteiger partial charge is 0.484 e. The van der Waals surface area contributed by atoms with Crippen molar-refractivity contribution in [2.75, 3.05) is 18.6 Å². The number of hydrogen-bond acceptors (Lipinski definition) is 3. The molecule has 1 aliphatic rings. The normalized spacial score (nSPS) is 17.4. The molecular weight excluding hydrogens is 393 g/mol. The number of hydrogen-bond donors (Lipinski definition) is 0. The van der Waals surface area contributed by atoms with E-state index in [0.717, 1.165) is 11.3 Å². The molecule has 1 aliphatic heterocycles. The minimum Gasteiger partial charge on any atom is -0.484 e. The average molecular weight is 416 g/mol. The van der Waals surface area contributed by atoms with E-state index >= 15 is 0 Å². The molecule has 0 bridgehead atoms. The highest BCUT2D eigenvalue weighted by Crippen LogP contribution is 2.30. The summed E-state index contributed by atoms with van der Waals surface area (Å²) in [5.41, 5.74) is 2.46. The average Bonchev–Trinajstić information content (AvgIpc) is 3.07. The number of benzene rings is 2. The van der Waals surface area contributed by atoms with Crippen LogP contribution in [0.15, 0.2) is 60.1 Å². The van der Waals surface area contributed by atoms with Crippen LogP contribution in [0, 0.1) is 12.8 Å². The number of carbonyl (C=O) groups is 1. The van der Waals surface area contributed by atoms with Crippen LogP contribution in [0.4, 0.5) is 18.9 Å². The Kier molecular flexibility index (Phi) is 6.29. The minimum absolute atomic E-state index is 0.0586. The van der Waals surface area contributed by atoms with Gasteiger partial charge in [-0.15, -0.1) is 0 Å². The third kappa shape index (κ3) is 5.09. The Morgan fingerprint density at radius 2 is 1.87 bits per heavy atom. The van der Waals surface area contributed by atoms with E-state index in [1.54, 1.807) is 23.1 Å². The van der Waals surface area contributed by atoms with Crippen molar-refractivity contribution in [3.63, 3.8) is 0 Å². The van der Waals surface area contributed by atoms with Gasteiger partial charge in [0.15, 0.2) is 5.90 Å². The standard InChI is InChI=1S/C23H23F3N2O2/c1-15-8-10-19(11-9-15)28-14-18(12-21(28)29)22(30-3)27-16(2)20-7-5-4-6-17(20)13-23(24,25)26/h4-11,18H,2,12-14H2,1,3H3. The first-order chi connectivity index (χ1) is 14.2. The number of rotatable bonds is 5. The van der Waals surface area contributed by atoms with Gasteiger partial charge in [-0.25, -0.2) is 4.99 Å². The third-order valence-electron chi connectivity index (χ3n) is 4.99. The molecule has 158 valence electrons. The summed E-state index contributed by atoms with van der Waals surface area (Å²) in [6.07, 6.45) is -5.20. The number of aryl methyl sites for hydroxylation is 1. The van der Waals surface area contributed by atoms with Crippen LogP contribution < -0.4 is 4.90 Å². The van der Waals surface area contributed by atoms with Gasteiger partial charge in [-0.05, 0) is 24.6 Å². The maximum Gasteiger partial charge on any atom is 0.393 e. The highest BCUT2D eigenvalue weighted by molar-refractivity contribution is 6.01. The minimum atomic E-state index is -4.34. The Morgan fingerprint density at radius 1 is 1.20 bits per heavy atom. The van der Waals surface area contributed by atoms with E-state index in [1.807, 2.05) is 31.2 Å². The summed E-state index contributed by atoms with van der Waals surface area (Å²) in [5, 5.41) is 0. The lowest BCUT2D eigenvalue weighted by atomic mass is 10.0. The molecular formula is C23H23F3N2O2. The molecule has 0 N–H and O–H groups in total. The monoisotopic (exact) mass is 416 g/mol. The van der Waals surface area contributed by atoms with Gasteiger partial charge < -0.3 is 9.64 Å². The van der Waals surface area contributed by atoms with Crippen molar-refractivity contribution in [2.24, 2.45) is 10.9 Å². The summed E-state index contributed by atoms with van der Waals surface area (Å²) in [6, 6.07) is 13.8. The molecule has 30 heavy (non-hydrogen) atoms. The van der Waals surface area contributed by atoms with Gasteiger partial charge in [0.25, 0.3) is 0 Å². The molecule has 1 fully saturated rings. The number of ether oxygens (including phenoxy) is 1. The van der Waals surface area contributed by atoms with E-state index in [0.29, 0.717) is 12.1 Å². The van der Waals surface area contributed by atoms with Gasteiger partial charge in [0.05, 0.1) is 25.1 Å². The van der Waals surface area contributed by atoms with Crippen molar-refractivity contribution in [1.82, 2.24) is 0 Å². The second-order valence-electron chi connectivity index (χ2n) is 7.29. The molecule has 2 aromatic rings. The topological polar surface area (TPSA) is 41.9 Å². The first-order valence-corrected chi connectivity index (χ1v) is 9.51. The van der Waals surface area contributed by atoms with Crippen LogP contribution in [0.1, 0.15) is 23.1 Å².